The van der Waals surface area contributed by atoms with Gasteiger partial charge in [0.25, 0.3) is 15.9 Å². The summed E-state index contributed by atoms with van der Waals surface area (Å²) in [7, 11) is -3.71. The van der Waals surface area contributed by atoms with Crippen LogP contribution in [-0.2, 0) is 16.4 Å². The molecule has 3 aromatic rings. The van der Waals surface area contributed by atoms with Gasteiger partial charge in [-0.3, -0.25) is 9.52 Å². The molecule has 2 aromatic carbocycles. The van der Waals surface area contributed by atoms with Gasteiger partial charge in [0, 0.05) is 17.8 Å². The smallest absolute Gasteiger partial charge is 0.271 e. The lowest BCUT2D eigenvalue weighted by atomic mass is 10.1. The number of sulfonamides is 1. The molecule has 10 heteroatoms. The minimum atomic E-state index is -3.71. The van der Waals surface area contributed by atoms with E-state index in [-0.39, 0.29) is 10.1 Å². The SMILES string of the molecule is O=C(NCCc1ccc2c(c1)OCCO2)c1ccc(NS(=O)(=O)c2ccc(Cl)s2)cc1. The van der Waals surface area contributed by atoms with Gasteiger partial charge in [-0.15, -0.1) is 11.3 Å². The molecule has 1 amide bonds. The Hall–Kier alpha value is -2.75. The van der Waals surface area contributed by atoms with Crippen molar-refractivity contribution in [3.8, 4) is 11.5 Å². The molecule has 0 saturated heterocycles. The molecule has 0 radical (unpaired) electrons. The maximum absolute atomic E-state index is 12.4. The summed E-state index contributed by atoms with van der Waals surface area (Å²) in [6, 6.07) is 14.9. The van der Waals surface area contributed by atoms with Gasteiger partial charge in [-0.2, -0.15) is 0 Å². The lowest BCUT2D eigenvalue weighted by Gasteiger charge is -2.18. The van der Waals surface area contributed by atoms with E-state index in [9.17, 15) is 13.2 Å². The zero-order valence-corrected chi connectivity index (χ0v) is 18.6. The van der Waals surface area contributed by atoms with Crippen molar-refractivity contribution in [1.82, 2.24) is 5.32 Å². The maximum Gasteiger partial charge on any atom is 0.271 e. The largest absolute Gasteiger partial charge is 0.486 e. The normalized spacial score (nSPS) is 12.9. The van der Waals surface area contributed by atoms with Gasteiger partial charge in [0.05, 0.1) is 4.34 Å². The first-order valence-electron chi connectivity index (χ1n) is 9.46. The number of hydrogen-bond donors (Lipinski definition) is 2. The number of carbonyl (C=O) groups is 1. The van der Waals surface area contributed by atoms with E-state index < -0.39 is 10.0 Å². The van der Waals surface area contributed by atoms with Crippen molar-refractivity contribution in [2.45, 2.75) is 10.6 Å². The number of nitrogens with one attached hydrogen (secondary N) is 2. The van der Waals surface area contributed by atoms with Crippen LogP contribution in [0.15, 0.2) is 58.8 Å². The quantitative estimate of drug-likeness (QED) is 0.536. The molecule has 0 unspecified atom stereocenters. The second-order valence-corrected chi connectivity index (χ2v) is 10.3. The van der Waals surface area contributed by atoms with Crippen molar-refractivity contribution < 1.29 is 22.7 Å². The molecule has 1 aliphatic rings. The predicted octanol–water partition coefficient (Wildman–Crippen LogP) is 3.95. The standard InChI is InChI=1S/C21H19ClN2O5S2/c22-19-7-8-20(30-19)31(26,27)24-16-4-2-15(3-5-16)21(25)23-10-9-14-1-6-17-18(13-14)29-12-11-28-17/h1-8,13,24H,9-12H2,(H,23,25). The summed E-state index contributed by atoms with van der Waals surface area (Å²) in [5.41, 5.74) is 1.82. The van der Waals surface area contributed by atoms with Crippen LogP contribution in [0.25, 0.3) is 0 Å². The number of thiophene rings is 1. The van der Waals surface area contributed by atoms with Gasteiger partial charge in [0.2, 0.25) is 0 Å². The van der Waals surface area contributed by atoms with Crippen LogP contribution in [0.5, 0.6) is 11.5 Å². The van der Waals surface area contributed by atoms with Crippen molar-refractivity contribution >= 4 is 44.6 Å². The minimum Gasteiger partial charge on any atom is -0.486 e. The van der Waals surface area contributed by atoms with Crippen molar-refractivity contribution in [1.29, 1.82) is 0 Å². The molecule has 1 aromatic heterocycles. The number of fused-ring (bicyclic) bond motifs is 1. The first-order chi connectivity index (χ1) is 14.9. The van der Waals surface area contributed by atoms with Crippen molar-refractivity contribution in [2.75, 3.05) is 24.5 Å². The summed E-state index contributed by atoms with van der Waals surface area (Å²) >= 11 is 6.78. The number of benzene rings is 2. The highest BCUT2D eigenvalue weighted by atomic mass is 35.5. The van der Waals surface area contributed by atoms with Crippen LogP contribution in [0.3, 0.4) is 0 Å². The molecule has 0 saturated carbocycles. The third-order valence-electron chi connectivity index (χ3n) is 4.52. The summed E-state index contributed by atoms with van der Waals surface area (Å²) in [5, 5.41) is 2.86. The van der Waals surface area contributed by atoms with E-state index in [1.165, 1.54) is 12.1 Å². The second-order valence-electron chi connectivity index (χ2n) is 6.73. The predicted molar refractivity (Wildman–Crippen MR) is 120 cm³/mol. The molecular weight excluding hydrogens is 460 g/mol. The molecule has 0 atom stereocenters. The molecule has 7 nitrogen and oxygen atoms in total. The topological polar surface area (TPSA) is 93.7 Å². The van der Waals surface area contributed by atoms with E-state index in [4.69, 9.17) is 21.1 Å². The molecule has 1 aliphatic heterocycles. The van der Waals surface area contributed by atoms with E-state index in [2.05, 4.69) is 10.0 Å². The van der Waals surface area contributed by atoms with Gasteiger partial charge in [-0.05, 0) is 60.5 Å². The molecule has 2 heterocycles. The highest BCUT2D eigenvalue weighted by molar-refractivity contribution is 7.94. The van der Waals surface area contributed by atoms with Crippen LogP contribution in [0, 0.1) is 0 Å². The van der Waals surface area contributed by atoms with Crippen LogP contribution < -0.4 is 19.5 Å². The van der Waals surface area contributed by atoms with E-state index in [0.717, 1.165) is 28.4 Å². The maximum atomic E-state index is 12.4. The van der Waals surface area contributed by atoms with E-state index in [1.807, 2.05) is 18.2 Å². The highest BCUT2D eigenvalue weighted by Gasteiger charge is 2.17. The van der Waals surface area contributed by atoms with Gasteiger partial charge >= 0.3 is 0 Å². The summed E-state index contributed by atoms with van der Waals surface area (Å²) < 4.78 is 38.7. The third-order valence-corrected chi connectivity index (χ3v) is 7.62. The zero-order chi connectivity index (χ0) is 21.8. The average molecular weight is 479 g/mol. The highest BCUT2D eigenvalue weighted by Crippen LogP contribution is 2.31. The molecule has 31 heavy (non-hydrogen) atoms. The Morgan fingerprint density at radius 3 is 2.45 bits per heavy atom. The number of ether oxygens (including phenoxy) is 2. The Morgan fingerprint density at radius 1 is 1.00 bits per heavy atom. The van der Waals surface area contributed by atoms with Crippen LogP contribution in [0.2, 0.25) is 4.34 Å². The second kappa shape index (κ2) is 9.17. The fourth-order valence-electron chi connectivity index (χ4n) is 3.00. The molecule has 0 spiro atoms. The summed E-state index contributed by atoms with van der Waals surface area (Å²) in [5.74, 6) is 1.21. The fraction of sp³-hybridized carbons (Fsp3) is 0.190. The first kappa shape index (κ1) is 21.5. The Bertz CT molecular complexity index is 1190. The number of amides is 1. The molecule has 162 valence electrons. The Balaban J connectivity index is 1.31. The van der Waals surface area contributed by atoms with Crippen molar-refractivity contribution in [3.05, 3.63) is 70.1 Å². The van der Waals surface area contributed by atoms with Gasteiger partial charge in [-0.25, -0.2) is 8.42 Å². The first-order valence-corrected chi connectivity index (χ1v) is 12.1. The van der Waals surface area contributed by atoms with E-state index in [1.54, 1.807) is 24.3 Å². The Labute approximate surface area is 189 Å². The number of rotatable bonds is 7. The van der Waals surface area contributed by atoms with Gasteiger partial charge in [0.1, 0.15) is 17.4 Å². The number of halogens is 1. The number of hydrogen-bond acceptors (Lipinski definition) is 6. The Morgan fingerprint density at radius 2 is 1.74 bits per heavy atom. The van der Waals surface area contributed by atoms with E-state index in [0.29, 0.717) is 41.8 Å². The monoisotopic (exact) mass is 478 g/mol. The lowest BCUT2D eigenvalue weighted by Crippen LogP contribution is -2.25. The van der Waals surface area contributed by atoms with Crippen LogP contribution in [0.4, 0.5) is 5.69 Å². The van der Waals surface area contributed by atoms with Gasteiger partial charge < -0.3 is 14.8 Å². The molecule has 0 bridgehead atoms. The van der Waals surface area contributed by atoms with Gasteiger partial charge in [-0.1, -0.05) is 17.7 Å². The minimum absolute atomic E-state index is 0.124. The van der Waals surface area contributed by atoms with Crippen molar-refractivity contribution in [3.63, 3.8) is 0 Å². The molecule has 4 rings (SSSR count). The third kappa shape index (κ3) is 5.30. The summed E-state index contributed by atoms with van der Waals surface area (Å²) in [6.07, 6.45) is 0.642. The molecule has 2 N–H and O–H groups in total. The summed E-state index contributed by atoms with van der Waals surface area (Å²) in [6.45, 7) is 1.53. The lowest BCUT2D eigenvalue weighted by molar-refractivity contribution is 0.0954. The van der Waals surface area contributed by atoms with Crippen molar-refractivity contribution in [2.24, 2.45) is 0 Å². The van der Waals surface area contributed by atoms with Crippen LogP contribution in [0.1, 0.15) is 15.9 Å². The molecule has 0 fully saturated rings. The number of carbonyl (C=O) groups excluding carboxylic acids is 1. The zero-order valence-electron chi connectivity index (χ0n) is 16.3. The fourth-order valence-corrected chi connectivity index (χ4v) is 5.54. The van der Waals surface area contributed by atoms with Crippen LogP contribution in [-0.4, -0.2) is 34.1 Å². The number of anilines is 1. The van der Waals surface area contributed by atoms with Crippen LogP contribution >= 0.6 is 22.9 Å². The molecular formula is C21H19ClN2O5S2. The summed E-state index contributed by atoms with van der Waals surface area (Å²) in [4.78, 5) is 12.4. The van der Waals surface area contributed by atoms with E-state index >= 15 is 0 Å². The molecule has 0 aliphatic carbocycles. The average Bonchev–Trinajstić information content (AvgIpc) is 3.21. The van der Waals surface area contributed by atoms with Gasteiger partial charge in [0.15, 0.2) is 11.5 Å². The Kier molecular flexibility index (Phi) is 6.35.